The van der Waals surface area contributed by atoms with Crippen LogP contribution < -0.4 is 10.1 Å². The SMILES string of the molecule is COc1ccc(S(=O)(=O)N2CCOCC2)cc1CCC(=O)N[C@@H](C)c1cc(C)c(C)cc1C. The second kappa shape index (κ2) is 10.7. The van der Waals surface area contributed by atoms with Crippen LogP contribution in [0.2, 0.25) is 0 Å². The molecule has 1 fully saturated rings. The molecule has 0 aliphatic carbocycles. The van der Waals surface area contributed by atoms with Crippen molar-refractivity contribution in [2.75, 3.05) is 33.4 Å². The summed E-state index contributed by atoms with van der Waals surface area (Å²) in [4.78, 5) is 12.9. The lowest BCUT2D eigenvalue weighted by Gasteiger charge is -2.26. The van der Waals surface area contributed by atoms with Gasteiger partial charge in [0.1, 0.15) is 5.75 Å². The fourth-order valence-corrected chi connectivity index (χ4v) is 5.59. The predicted molar refractivity (Wildman–Crippen MR) is 128 cm³/mol. The minimum absolute atomic E-state index is 0.0939. The molecule has 1 heterocycles. The number of hydrogen-bond donors (Lipinski definition) is 1. The molecule has 0 bridgehead atoms. The highest BCUT2D eigenvalue weighted by molar-refractivity contribution is 7.89. The van der Waals surface area contributed by atoms with Crippen molar-refractivity contribution in [3.63, 3.8) is 0 Å². The third-order valence-electron chi connectivity index (χ3n) is 6.21. The Labute approximate surface area is 197 Å². The van der Waals surface area contributed by atoms with Gasteiger partial charge in [-0.2, -0.15) is 4.31 Å². The Morgan fingerprint density at radius 1 is 1.09 bits per heavy atom. The number of carbonyl (C=O) groups excluding carboxylic acids is 1. The lowest BCUT2D eigenvalue weighted by atomic mass is 9.96. The topological polar surface area (TPSA) is 84.9 Å². The third kappa shape index (κ3) is 5.93. The quantitative estimate of drug-likeness (QED) is 0.633. The Balaban J connectivity index is 1.70. The highest BCUT2D eigenvalue weighted by Gasteiger charge is 2.27. The van der Waals surface area contributed by atoms with E-state index in [2.05, 4.69) is 38.2 Å². The normalized spacial score (nSPS) is 15.8. The molecule has 1 atom stereocenters. The number of nitrogens with one attached hydrogen (secondary N) is 1. The zero-order valence-corrected chi connectivity index (χ0v) is 20.9. The number of carbonyl (C=O) groups is 1. The number of ether oxygens (including phenoxy) is 2. The van der Waals surface area contributed by atoms with Gasteiger partial charge in [0, 0.05) is 19.5 Å². The molecule has 0 aromatic heterocycles. The maximum atomic E-state index is 13.0. The van der Waals surface area contributed by atoms with E-state index < -0.39 is 10.0 Å². The van der Waals surface area contributed by atoms with E-state index in [-0.39, 0.29) is 23.3 Å². The number of sulfonamides is 1. The summed E-state index contributed by atoms with van der Waals surface area (Å²) in [5, 5.41) is 3.07. The van der Waals surface area contributed by atoms with E-state index in [4.69, 9.17) is 9.47 Å². The van der Waals surface area contributed by atoms with Gasteiger partial charge < -0.3 is 14.8 Å². The summed E-state index contributed by atoms with van der Waals surface area (Å²) in [5.41, 5.74) is 5.36. The maximum absolute atomic E-state index is 13.0. The molecular formula is C25H34N2O5S. The molecule has 33 heavy (non-hydrogen) atoms. The molecule has 0 spiro atoms. The summed E-state index contributed by atoms with van der Waals surface area (Å²) >= 11 is 0. The molecule has 180 valence electrons. The molecule has 7 nitrogen and oxygen atoms in total. The number of nitrogens with zero attached hydrogens (tertiary/aromatic N) is 1. The molecule has 2 aromatic rings. The molecule has 8 heteroatoms. The second-order valence-corrected chi connectivity index (χ2v) is 10.5. The monoisotopic (exact) mass is 474 g/mol. The second-order valence-electron chi connectivity index (χ2n) is 8.57. The van der Waals surface area contributed by atoms with Gasteiger partial charge in [0.2, 0.25) is 15.9 Å². The van der Waals surface area contributed by atoms with Gasteiger partial charge in [0.05, 0.1) is 31.3 Å². The highest BCUT2D eigenvalue weighted by Crippen LogP contribution is 2.27. The first-order valence-corrected chi connectivity index (χ1v) is 12.7. The van der Waals surface area contributed by atoms with Crippen molar-refractivity contribution in [1.29, 1.82) is 0 Å². The summed E-state index contributed by atoms with van der Waals surface area (Å²) < 4.78 is 38.1. The van der Waals surface area contributed by atoms with Crippen LogP contribution in [-0.2, 0) is 26.0 Å². The Morgan fingerprint density at radius 3 is 2.42 bits per heavy atom. The largest absolute Gasteiger partial charge is 0.496 e. The third-order valence-corrected chi connectivity index (χ3v) is 8.10. The smallest absolute Gasteiger partial charge is 0.243 e. The minimum atomic E-state index is -3.62. The predicted octanol–water partition coefficient (Wildman–Crippen LogP) is 3.45. The first kappa shape index (κ1) is 25.2. The van der Waals surface area contributed by atoms with E-state index in [1.807, 2.05) is 6.92 Å². The van der Waals surface area contributed by atoms with E-state index in [1.54, 1.807) is 25.3 Å². The van der Waals surface area contributed by atoms with Crippen LogP contribution in [0.3, 0.4) is 0 Å². The average Bonchev–Trinajstić information content (AvgIpc) is 2.80. The molecule has 0 radical (unpaired) electrons. The number of benzene rings is 2. The van der Waals surface area contributed by atoms with Gasteiger partial charge in [-0.1, -0.05) is 12.1 Å². The first-order valence-electron chi connectivity index (χ1n) is 11.3. The van der Waals surface area contributed by atoms with Gasteiger partial charge in [0.15, 0.2) is 0 Å². The lowest BCUT2D eigenvalue weighted by Crippen LogP contribution is -2.40. The van der Waals surface area contributed by atoms with Crippen LogP contribution in [0.4, 0.5) is 0 Å². The van der Waals surface area contributed by atoms with Gasteiger partial charge in [-0.3, -0.25) is 4.79 Å². The van der Waals surface area contributed by atoms with Crippen molar-refractivity contribution in [2.45, 2.75) is 51.5 Å². The van der Waals surface area contributed by atoms with E-state index in [0.717, 1.165) is 11.1 Å². The maximum Gasteiger partial charge on any atom is 0.243 e. The molecule has 1 amide bonds. The van der Waals surface area contributed by atoms with Gasteiger partial charge in [-0.15, -0.1) is 0 Å². The number of morpholine rings is 1. The molecule has 0 unspecified atom stereocenters. The van der Waals surface area contributed by atoms with Crippen LogP contribution in [0.25, 0.3) is 0 Å². The summed E-state index contributed by atoms with van der Waals surface area (Å²) in [5.74, 6) is 0.477. The standard InChI is InChI=1S/C25H34N2O5S/c1-17-14-19(3)23(15-18(17)2)20(4)26-25(28)9-6-21-16-22(7-8-24(21)31-5)33(29,30)27-10-12-32-13-11-27/h7-8,14-16,20H,6,9-13H2,1-5H3,(H,26,28)/t20-/m0/s1. The van der Waals surface area contributed by atoms with Gasteiger partial charge in [-0.05, 0) is 80.1 Å². The van der Waals surface area contributed by atoms with Crippen LogP contribution >= 0.6 is 0 Å². The van der Waals surface area contributed by atoms with Crippen molar-refractivity contribution >= 4 is 15.9 Å². The van der Waals surface area contributed by atoms with Crippen LogP contribution in [0, 0.1) is 20.8 Å². The number of rotatable bonds is 8. The van der Waals surface area contributed by atoms with Crippen molar-refractivity contribution in [3.8, 4) is 5.75 Å². The number of amides is 1. The van der Waals surface area contributed by atoms with Gasteiger partial charge >= 0.3 is 0 Å². The molecule has 1 N–H and O–H groups in total. The molecule has 1 aliphatic rings. The number of hydrogen-bond acceptors (Lipinski definition) is 5. The Bertz CT molecular complexity index is 1110. The van der Waals surface area contributed by atoms with Crippen LogP contribution in [-0.4, -0.2) is 52.0 Å². The van der Waals surface area contributed by atoms with Gasteiger partial charge in [-0.25, -0.2) is 8.42 Å². The zero-order valence-electron chi connectivity index (χ0n) is 20.1. The fourth-order valence-electron chi connectivity index (χ4n) is 4.14. The van der Waals surface area contributed by atoms with E-state index in [9.17, 15) is 13.2 Å². The number of aryl methyl sites for hydroxylation is 4. The minimum Gasteiger partial charge on any atom is -0.496 e. The van der Waals surface area contributed by atoms with Crippen LogP contribution in [0.15, 0.2) is 35.2 Å². The van der Waals surface area contributed by atoms with E-state index >= 15 is 0 Å². The Hall–Kier alpha value is -2.42. The van der Waals surface area contributed by atoms with Crippen LogP contribution in [0.5, 0.6) is 5.75 Å². The van der Waals surface area contributed by atoms with Crippen molar-refractivity contribution in [3.05, 3.63) is 58.1 Å². The van der Waals surface area contributed by atoms with Crippen LogP contribution in [0.1, 0.15) is 47.2 Å². The fraction of sp³-hybridized carbons (Fsp3) is 0.480. The van der Waals surface area contributed by atoms with Crippen molar-refractivity contribution in [2.24, 2.45) is 0 Å². The summed E-state index contributed by atoms with van der Waals surface area (Å²) in [6.45, 7) is 9.62. The van der Waals surface area contributed by atoms with Gasteiger partial charge in [0.25, 0.3) is 0 Å². The highest BCUT2D eigenvalue weighted by atomic mass is 32.2. The van der Waals surface area contributed by atoms with Crippen molar-refractivity contribution < 1.29 is 22.7 Å². The summed E-state index contributed by atoms with van der Waals surface area (Å²) in [6, 6.07) is 8.97. The molecular weight excluding hydrogens is 440 g/mol. The summed E-state index contributed by atoms with van der Waals surface area (Å²) in [7, 11) is -2.08. The molecule has 1 aliphatic heterocycles. The number of methoxy groups -OCH3 is 1. The molecule has 0 saturated carbocycles. The van der Waals surface area contributed by atoms with E-state index in [1.165, 1.54) is 15.4 Å². The van der Waals surface area contributed by atoms with Crippen molar-refractivity contribution in [1.82, 2.24) is 9.62 Å². The molecule has 3 rings (SSSR count). The molecule has 2 aromatic carbocycles. The first-order chi connectivity index (χ1) is 15.6. The molecule has 1 saturated heterocycles. The Kier molecular flexibility index (Phi) is 8.15. The summed E-state index contributed by atoms with van der Waals surface area (Å²) in [6.07, 6.45) is 0.603. The Morgan fingerprint density at radius 2 is 1.76 bits per heavy atom. The lowest BCUT2D eigenvalue weighted by molar-refractivity contribution is -0.121. The zero-order chi connectivity index (χ0) is 24.2. The van der Waals surface area contributed by atoms with E-state index in [0.29, 0.717) is 44.0 Å². The average molecular weight is 475 g/mol.